The van der Waals surface area contributed by atoms with E-state index in [9.17, 15) is 14.0 Å². The van der Waals surface area contributed by atoms with E-state index in [2.05, 4.69) is 20.7 Å². The first-order chi connectivity index (χ1) is 15.1. The molecule has 3 aromatic rings. The minimum Gasteiger partial charge on any atom is -0.461 e. The molecule has 1 aromatic carbocycles. The zero-order valence-corrected chi connectivity index (χ0v) is 16.6. The Kier molecular flexibility index (Phi) is 6.39. The van der Waals surface area contributed by atoms with Gasteiger partial charge < -0.3 is 24.3 Å². The molecule has 3 heterocycles. The number of nitrogens with one attached hydrogen (secondary N) is 2. The molecular formula is C21H21FN4O5. The van der Waals surface area contributed by atoms with E-state index in [1.807, 2.05) is 0 Å². The SMILES string of the molecule is O=C(CCN1CCOCC1)Nc1cc(NC(=O)c2cc(-c3ccco3)on2)ccc1F. The summed E-state index contributed by atoms with van der Waals surface area (Å²) in [6.07, 6.45) is 1.71. The number of benzene rings is 1. The van der Waals surface area contributed by atoms with E-state index in [-0.39, 0.29) is 23.7 Å². The predicted octanol–water partition coefficient (Wildman–Crippen LogP) is 2.99. The number of carbonyl (C=O) groups excluding carboxylic acids is 2. The van der Waals surface area contributed by atoms with Crippen molar-refractivity contribution >= 4 is 23.2 Å². The summed E-state index contributed by atoms with van der Waals surface area (Å²) in [6.45, 7) is 3.40. The van der Waals surface area contributed by atoms with E-state index in [0.717, 1.165) is 13.1 Å². The Labute approximate surface area is 177 Å². The molecular weight excluding hydrogens is 407 g/mol. The third-order valence-corrected chi connectivity index (χ3v) is 4.76. The Morgan fingerprint density at radius 3 is 2.71 bits per heavy atom. The number of furan rings is 1. The van der Waals surface area contributed by atoms with Crippen LogP contribution in [0.15, 0.2) is 51.6 Å². The zero-order chi connectivity index (χ0) is 21.6. The third-order valence-electron chi connectivity index (χ3n) is 4.76. The van der Waals surface area contributed by atoms with E-state index in [1.54, 1.807) is 12.1 Å². The van der Waals surface area contributed by atoms with Crippen molar-refractivity contribution in [3.63, 3.8) is 0 Å². The second kappa shape index (κ2) is 9.54. The summed E-state index contributed by atoms with van der Waals surface area (Å²) in [5.41, 5.74) is 0.324. The van der Waals surface area contributed by atoms with Crippen LogP contribution in [-0.4, -0.2) is 54.7 Å². The lowest BCUT2D eigenvalue weighted by molar-refractivity contribution is -0.116. The highest BCUT2D eigenvalue weighted by Gasteiger charge is 2.17. The summed E-state index contributed by atoms with van der Waals surface area (Å²) in [4.78, 5) is 26.8. The molecule has 2 amide bonds. The number of hydrogen-bond donors (Lipinski definition) is 2. The Balaban J connectivity index is 1.35. The van der Waals surface area contributed by atoms with Gasteiger partial charge in [-0.2, -0.15) is 0 Å². The Hall–Kier alpha value is -3.50. The molecule has 0 aliphatic carbocycles. The Morgan fingerprint density at radius 1 is 1.10 bits per heavy atom. The second-order valence-corrected chi connectivity index (χ2v) is 6.95. The normalized spacial score (nSPS) is 14.4. The summed E-state index contributed by atoms with van der Waals surface area (Å²) in [7, 11) is 0. The molecule has 9 nitrogen and oxygen atoms in total. The van der Waals surface area contributed by atoms with Gasteiger partial charge in [0.1, 0.15) is 5.82 Å². The summed E-state index contributed by atoms with van der Waals surface area (Å²) < 4.78 is 29.7. The van der Waals surface area contributed by atoms with Crippen LogP contribution < -0.4 is 10.6 Å². The summed E-state index contributed by atoms with van der Waals surface area (Å²) in [5.74, 6) is -0.705. The predicted molar refractivity (Wildman–Crippen MR) is 109 cm³/mol. The van der Waals surface area contributed by atoms with Crippen molar-refractivity contribution in [3.8, 4) is 11.5 Å². The lowest BCUT2D eigenvalue weighted by atomic mass is 10.2. The van der Waals surface area contributed by atoms with Gasteiger partial charge in [-0.15, -0.1) is 0 Å². The second-order valence-electron chi connectivity index (χ2n) is 6.95. The highest BCUT2D eigenvalue weighted by Crippen LogP contribution is 2.23. The first kappa shape index (κ1) is 20.8. The van der Waals surface area contributed by atoms with Crippen LogP contribution in [0.1, 0.15) is 16.9 Å². The first-order valence-corrected chi connectivity index (χ1v) is 9.80. The molecule has 2 aromatic heterocycles. The molecule has 2 N–H and O–H groups in total. The van der Waals surface area contributed by atoms with Crippen LogP contribution in [0.25, 0.3) is 11.5 Å². The van der Waals surface area contributed by atoms with Crippen molar-refractivity contribution in [2.24, 2.45) is 0 Å². The molecule has 0 spiro atoms. The van der Waals surface area contributed by atoms with Gasteiger partial charge in [-0.05, 0) is 30.3 Å². The number of aromatic nitrogens is 1. The monoisotopic (exact) mass is 428 g/mol. The number of amides is 2. The highest BCUT2D eigenvalue weighted by molar-refractivity contribution is 6.03. The average Bonchev–Trinajstić information content (AvgIpc) is 3.47. The van der Waals surface area contributed by atoms with Crippen LogP contribution in [0.2, 0.25) is 0 Å². The Bertz CT molecular complexity index is 1040. The zero-order valence-electron chi connectivity index (χ0n) is 16.6. The fourth-order valence-corrected chi connectivity index (χ4v) is 3.11. The first-order valence-electron chi connectivity index (χ1n) is 9.80. The molecule has 0 unspecified atom stereocenters. The summed E-state index contributed by atoms with van der Waals surface area (Å²) in [5, 5.41) is 8.89. The molecule has 162 valence electrons. The van der Waals surface area contributed by atoms with Crippen LogP contribution in [-0.2, 0) is 9.53 Å². The standard InChI is InChI=1S/C21H21FN4O5/c22-15-4-3-14(12-16(15)24-20(27)5-6-26-7-10-29-11-8-26)23-21(28)17-13-19(31-25-17)18-2-1-9-30-18/h1-4,9,12-13H,5-8,10-11H2,(H,23,28)(H,24,27). The molecule has 0 saturated carbocycles. The number of carbonyl (C=O) groups is 2. The molecule has 1 saturated heterocycles. The van der Waals surface area contributed by atoms with E-state index >= 15 is 0 Å². The van der Waals surface area contributed by atoms with E-state index in [1.165, 1.54) is 30.5 Å². The number of anilines is 2. The van der Waals surface area contributed by atoms with Crippen LogP contribution in [0.4, 0.5) is 15.8 Å². The summed E-state index contributed by atoms with van der Waals surface area (Å²) in [6, 6.07) is 8.72. The van der Waals surface area contributed by atoms with E-state index in [0.29, 0.717) is 37.0 Å². The van der Waals surface area contributed by atoms with E-state index < -0.39 is 11.7 Å². The number of ether oxygens (including phenoxy) is 1. The maximum atomic E-state index is 14.2. The van der Waals surface area contributed by atoms with Gasteiger partial charge in [0.2, 0.25) is 11.7 Å². The Morgan fingerprint density at radius 2 is 1.94 bits per heavy atom. The average molecular weight is 428 g/mol. The molecule has 4 rings (SSSR count). The minimum absolute atomic E-state index is 0.0128. The number of nitrogens with zero attached hydrogens (tertiary/aromatic N) is 2. The molecule has 10 heteroatoms. The quantitative estimate of drug-likeness (QED) is 0.595. The molecule has 0 bridgehead atoms. The number of halogens is 1. The maximum absolute atomic E-state index is 14.2. The van der Waals surface area contributed by atoms with Crippen LogP contribution >= 0.6 is 0 Å². The molecule has 1 aliphatic heterocycles. The van der Waals surface area contributed by atoms with Crippen molar-refractivity contribution < 1.29 is 27.7 Å². The molecule has 1 aliphatic rings. The fraction of sp³-hybridized carbons (Fsp3) is 0.286. The lowest BCUT2D eigenvalue weighted by Crippen LogP contribution is -2.38. The van der Waals surface area contributed by atoms with Gasteiger partial charge in [0.15, 0.2) is 11.5 Å². The smallest absolute Gasteiger partial charge is 0.277 e. The molecule has 0 atom stereocenters. The lowest BCUT2D eigenvalue weighted by Gasteiger charge is -2.26. The topological polar surface area (TPSA) is 110 Å². The van der Waals surface area contributed by atoms with Crippen molar-refractivity contribution in [2.75, 3.05) is 43.5 Å². The minimum atomic E-state index is -0.598. The van der Waals surface area contributed by atoms with Crippen LogP contribution in [0.5, 0.6) is 0 Å². The van der Waals surface area contributed by atoms with Gasteiger partial charge in [0.05, 0.1) is 25.2 Å². The van der Waals surface area contributed by atoms with Crippen molar-refractivity contribution in [1.82, 2.24) is 10.1 Å². The highest BCUT2D eigenvalue weighted by atomic mass is 19.1. The van der Waals surface area contributed by atoms with E-state index in [4.69, 9.17) is 13.7 Å². The van der Waals surface area contributed by atoms with Gasteiger partial charge in [0, 0.05) is 37.8 Å². The number of hydrogen-bond acceptors (Lipinski definition) is 7. The van der Waals surface area contributed by atoms with Gasteiger partial charge >= 0.3 is 0 Å². The van der Waals surface area contributed by atoms with Gasteiger partial charge in [-0.25, -0.2) is 4.39 Å². The van der Waals surface area contributed by atoms with Crippen molar-refractivity contribution in [2.45, 2.75) is 6.42 Å². The number of morpholine rings is 1. The molecule has 0 radical (unpaired) electrons. The summed E-state index contributed by atoms with van der Waals surface area (Å²) >= 11 is 0. The maximum Gasteiger partial charge on any atom is 0.277 e. The third kappa shape index (κ3) is 5.36. The van der Waals surface area contributed by atoms with Crippen LogP contribution in [0, 0.1) is 5.82 Å². The largest absolute Gasteiger partial charge is 0.461 e. The fourth-order valence-electron chi connectivity index (χ4n) is 3.11. The molecule has 31 heavy (non-hydrogen) atoms. The van der Waals surface area contributed by atoms with Crippen molar-refractivity contribution in [1.29, 1.82) is 0 Å². The van der Waals surface area contributed by atoms with Crippen molar-refractivity contribution in [3.05, 3.63) is 54.2 Å². The van der Waals surface area contributed by atoms with Gasteiger partial charge in [0.25, 0.3) is 5.91 Å². The van der Waals surface area contributed by atoms with Crippen LogP contribution in [0.3, 0.4) is 0 Å². The van der Waals surface area contributed by atoms with Gasteiger partial charge in [-0.1, -0.05) is 5.16 Å². The molecule has 1 fully saturated rings. The number of rotatable bonds is 7. The van der Waals surface area contributed by atoms with Gasteiger partial charge in [-0.3, -0.25) is 14.5 Å².